The monoisotopic (exact) mass is 247 g/mol. The number of aliphatic hydroxyl groups excluding tert-OH is 1. The first-order valence-corrected chi connectivity index (χ1v) is 4.91. The highest BCUT2D eigenvalue weighted by molar-refractivity contribution is 5.82. The van der Waals surface area contributed by atoms with Gasteiger partial charge in [-0.3, -0.25) is 0 Å². The lowest BCUT2D eigenvalue weighted by atomic mass is 9.96. The number of nitrogens with two attached hydrogens (primary N) is 1. The zero-order valence-corrected chi connectivity index (χ0v) is 9.77. The van der Waals surface area contributed by atoms with Crippen molar-refractivity contribution < 1.29 is 24.6 Å². The third kappa shape index (κ3) is 6.36. The molecule has 0 atom stereocenters. The van der Waals surface area contributed by atoms with Crippen LogP contribution in [0.3, 0.4) is 0 Å². The molecule has 0 aliphatic rings. The second-order valence-corrected chi connectivity index (χ2v) is 3.99. The van der Waals surface area contributed by atoms with E-state index in [-0.39, 0.29) is 25.4 Å². The van der Waals surface area contributed by atoms with Crippen molar-refractivity contribution in [3.05, 3.63) is 0 Å². The number of carboxylic acid groups (broad SMARTS) is 1. The third-order valence-electron chi connectivity index (χ3n) is 1.85. The largest absolute Gasteiger partial charge is 0.465 e. The van der Waals surface area contributed by atoms with Crippen LogP contribution in [-0.2, 0) is 9.63 Å². The maximum absolute atomic E-state index is 11.3. The van der Waals surface area contributed by atoms with Gasteiger partial charge < -0.3 is 26.1 Å². The van der Waals surface area contributed by atoms with Crippen molar-refractivity contribution in [2.24, 2.45) is 16.3 Å². The molecule has 0 saturated heterocycles. The molecule has 0 unspecified atom stereocenters. The summed E-state index contributed by atoms with van der Waals surface area (Å²) in [6, 6.07) is 0. The SMILES string of the molecule is CC(C)(CO)C(=O)O/N=C(\N)CCNC(=O)O. The highest BCUT2D eigenvalue weighted by atomic mass is 16.7. The quantitative estimate of drug-likeness (QED) is 0.216. The van der Waals surface area contributed by atoms with Gasteiger partial charge in [0.05, 0.1) is 12.0 Å². The van der Waals surface area contributed by atoms with Crippen LogP contribution in [0.1, 0.15) is 20.3 Å². The van der Waals surface area contributed by atoms with Gasteiger partial charge in [-0.15, -0.1) is 0 Å². The molecule has 0 radical (unpaired) electrons. The third-order valence-corrected chi connectivity index (χ3v) is 1.85. The van der Waals surface area contributed by atoms with Crippen molar-refractivity contribution in [3.63, 3.8) is 0 Å². The molecule has 0 spiro atoms. The van der Waals surface area contributed by atoms with E-state index in [0.717, 1.165) is 0 Å². The zero-order valence-electron chi connectivity index (χ0n) is 9.77. The fourth-order valence-electron chi connectivity index (χ4n) is 0.631. The predicted molar refractivity (Wildman–Crippen MR) is 59.2 cm³/mol. The summed E-state index contributed by atoms with van der Waals surface area (Å²) in [5.41, 5.74) is 4.32. The number of hydrogen-bond acceptors (Lipinski definition) is 5. The average molecular weight is 247 g/mol. The fraction of sp³-hybridized carbons (Fsp3) is 0.667. The Morgan fingerprint density at radius 3 is 2.53 bits per heavy atom. The molecular weight excluding hydrogens is 230 g/mol. The standard InChI is InChI=1S/C9H17N3O5/c1-9(2,5-13)7(14)17-12-6(10)3-4-11-8(15)16/h11,13H,3-5H2,1-2H3,(H2,10,12)(H,15,16). The smallest absolute Gasteiger partial charge is 0.404 e. The summed E-state index contributed by atoms with van der Waals surface area (Å²) in [4.78, 5) is 25.9. The van der Waals surface area contributed by atoms with E-state index in [9.17, 15) is 9.59 Å². The van der Waals surface area contributed by atoms with Crippen molar-refractivity contribution in [2.75, 3.05) is 13.2 Å². The molecule has 0 rings (SSSR count). The van der Waals surface area contributed by atoms with Crippen LogP contribution in [0.15, 0.2) is 5.16 Å². The molecule has 0 heterocycles. The van der Waals surface area contributed by atoms with E-state index in [4.69, 9.17) is 15.9 Å². The van der Waals surface area contributed by atoms with Gasteiger partial charge in [0.2, 0.25) is 0 Å². The van der Waals surface area contributed by atoms with Crippen LogP contribution in [0.2, 0.25) is 0 Å². The summed E-state index contributed by atoms with van der Waals surface area (Å²) in [5.74, 6) is -0.727. The topological polar surface area (TPSA) is 134 Å². The Hall–Kier alpha value is -1.83. The number of nitrogens with zero attached hydrogens (tertiary/aromatic N) is 1. The van der Waals surface area contributed by atoms with Gasteiger partial charge in [0, 0.05) is 13.0 Å². The second kappa shape index (κ2) is 6.69. The van der Waals surface area contributed by atoms with Crippen molar-refractivity contribution in [1.82, 2.24) is 5.32 Å². The minimum atomic E-state index is -1.17. The predicted octanol–water partition coefficient (Wildman–Crippen LogP) is -0.522. The molecule has 0 aromatic carbocycles. The van der Waals surface area contributed by atoms with Crippen LogP contribution < -0.4 is 11.1 Å². The molecule has 0 aliphatic carbocycles. The summed E-state index contributed by atoms with van der Waals surface area (Å²) in [5, 5.41) is 22.6. The summed E-state index contributed by atoms with van der Waals surface area (Å²) in [7, 11) is 0. The summed E-state index contributed by atoms with van der Waals surface area (Å²) < 4.78 is 0. The van der Waals surface area contributed by atoms with Gasteiger partial charge in [0.25, 0.3) is 0 Å². The van der Waals surface area contributed by atoms with Gasteiger partial charge in [-0.2, -0.15) is 0 Å². The van der Waals surface area contributed by atoms with Crippen LogP contribution in [-0.4, -0.2) is 41.3 Å². The van der Waals surface area contributed by atoms with E-state index in [0.29, 0.717) is 0 Å². The lowest BCUT2D eigenvalue weighted by Gasteiger charge is -2.16. The minimum Gasteiger partial charge on any atom is -0.465 e. The molecule has 0 saturated carbocycles. The Labute approximate surface area is 98.4 Å². The van der Waals surface area contributed by atoms with Gasteiger partial charge in [-0.1, -0.05) is 5.16 Å². The van der Waals surface area contributed by atoms with Crippen molar-refractivity contribution >= 4 is 17.9 Å². The van der Waals surface area contributed by atoms with Gasteiger partial charge in [0.1, 0.15) is 5.84 Å². The van der Waals surface area contributed by atoms with Crippen molar-refractivity contribution in [3.8, 4) is 0 Å². The maximum Gasteiger partial charge on any atom is 0.404 e. The molecular formula is C9H17N3O5. The van der Waals surface area contributed by atoms with Crippen LogP contribution in [0.25, 0.3) is 0 Å². The molecule has 17 heavy (non-hydrogen) atoms. The Morgan fingerprint density at radius 2 is 2.06 bits per heavy atom. The molecule has 0 aromatic rings. The first kappa shape index (κ1) is 15.2. The molecule has 0 aliphatic heterocycles. The first-order valence-electron chi connectivity index (χ1n) is 4.91. The lowest BCUT2D eigenvalue weighted by molar-refractivity contribution is -0.156. The van der Waals surface area contributed by atoms with E-state index in [1.165, 1.54) is 13.8 Å². The first-order chi connectivity index (χ1) is 7.79. The van der Waals surface area contributed by atoms with Gasteiger partial charge in [-0.05, 0) is 13.8 Å². The van der Waals surface area contributed by atoms with E-state index in [1.54, 1.807) is 0 Å². The summed E-state index contributed by atoms with van der Waals surface area (Å²) in [6.45, 7) is 2.69. The summed E-state index contributed by atoms with van der Waals surface area (Å²) >= 11 is 0. The number of amides is 1. The van der Waals surface area contributed by atoms with E-state index < -0.39 is 17.5 Å². The number of oxime groups is 1. The molecule has 98 valence electrons. The van der Waals surface area contributed by atoms with Gasteiger partial charge in [-0.25, -0.2) is 9.59 Å². The normalized spacial score (nSPS) is 12.1. The molecule has 5 N–H and O–H groups in total. The number of amidine groups is 1. The highest BCUT2D eigenvalue weighted by Crippen LogP contribution is 2.15. The highest BCUT2D eigenvalue weighted by Gasteiger charge is 2.29. The molecule has 0 fully saturated rings. The Balaban J connectivity index is 4.07. The van der Waals surface area contributed by atoms with Crippen LogP contribution in [0.5, 0.6) is 0 Å². The average Bonchev–Trinajstić information content (AvgIpc) is 2.25. The molecule has 8 heteroatoms. The van der Waals surface area contributed by atoms with Gasteiger partial charge >= 0.3 is 12.1 Å². The van der Waals surface area contributed by atoms with E-state index in [2.05, 4.69) is 15.3 Å². The zero-order chi connectivity index (χ0) is 13.5. The number of carbonyl (C=O) groups excluding carboxylic acids is 1. The Morgan fingerprint density at radius 1 is 1.47 bits per heavy atom. The number of hydrogen-bond donors (Lipinski definition) is 4. The van der Waals surface area contributed by atoms with Crippen LogP contribution in [0.4, 0.5) is 4.79 Å². The fourth-order valence-corrected chi connectivity index (χ4v) is 0.631. The molecule has 8 nitrogen and oxygen atoms in total. The second-order valence-electron chi connectivity index (χ2n) is 3.99. The van der Waals surface area contributed by atoms with Crippen LogP contribution >= 0.6 is 0 Å². The number of carbonyl (C=O) groups is 2. The van der Waals surface area contributed by atoms with E-state index >= 15 is 0 Å². The van der Waals surface area contributed by atoms with Crippen molar-refractivity contribution in [2.45, 2.75) is 20.3 Å². The number of aliphatic hydroxyl groups is 1. The Kier molecular flexibility index (Phi) is 5.97. The molecule has 1 amide bonds. The lowest BCUT2D eigenvalue weighted by Crippen LogP contribution is -2.30. The van der Waals surface area contributed by atoms with Crippen LogP contribution in [0, 0.1) is 5.41 Å². The number of nitrogens with one attached hydrogen (secondary N) is 1. The van der Waals surface area contributed by atoms with Gasteiger partial charge in [0.15, 0.2) is 0 Å². The maximum atomic E-state index is 11.3. The minimum absolute atomic E-state index is 0.0131. The Bertz CT molecular complexity index is 314. The summed E-state index contributed by atoms with van der Waals surface area (Å²) in [6.07, 6.45) is -1.05. The van der Waals surface area contributed by atoms with Crippen molar-refractivity contribution in [1.29, 1.82) is 0 Å². The molecule has 0 bridgehead atoms. The van der Waals surface area contributed by atoms with E-state index in [1.807, 2.05) is 0 Å². The molecule has 0 aromatic heterocycles. The number of rotatable bonds is 6.